The van der Waals surface area contributed by atoms with Crippen molar-refractivity contribution >= 4 is 17.7 Å². The van der Waals surface area contributed by atoms with Gasteiger partial charge in [-0.1, -0.05) is 13.8 Å². The van der Waals surface area contributed by atoms with Gasteiger partial charge in [-0.15, -0.1) is 0 Å². The highest BCUT2D eigenvalue weighted by atomic mass is 16.6. The van der Waals surface area contributed by atoms with Crippen molar-refractivity contribution in [2.45, 2.75) is 135 Å². The summed E-state index contributed by atoms with van der Waals surface area (Å²) >= 11 is 0. The van der Waals surface area contributed by atoms with E-state index in [1.54, 1.807) is 26.8 Å². The molecule has 0 aromatic carbocycles. The number of hydrogen-bond donors (Lipinski definition) is 4. The molecule has 0 aromatic rings. The van der Waals surface area contributed by atoms with E-state index in [1.807, 2.05) is 13.8 Å². The number of allylic oxidation sites excluding steroid dienone is 1. The van der Waals surface area contributed by atoms with Crippen molar-refractivity contribution in [3.63, 3.8) is 0 Å². The average Bonchev–Trinajstić information content (AvgIpc) is 3.09. The molecule has 0 aliphatic heterocycles. The molecule has 0 bridgehead atoms. The van der Waals surface area contributed by atoms with Crippen LogP contribution in [0.3, 0.4) is 0 Å². The summed E-state index contributed by atoms with van der Waals surface area (Å²) in [5.41, 5.74) is -4.60. The molecule has 3 saturated carbocycles. The smallest absolute Gasteiger partial charge is 0.303 e. The van der Waals surface area contributed by atoms with E-state index in [-0.39, 0.29) is 31.0 Å². The molecule has 0 aromatic heterocycles. The minimum Gasteiger partial charge on any atom is -0.460 e. The number of fused-ring (bicyclic) bond motifs is 5. The van der Waals surface area contributed by atoms with Gasteiger partial charge in [-0.3, -0.25) is 14.4 Å². The van der Waals surface area contributed by atoms with E-state index < -0.39 is 69.7 Å². The summed E-state index contributed by atoms with van der Waals surface area (Å²) in [6.45, 7) is 11.5. The molecule has 226 valence electrons. The Labute approximate surface area is 237 Å². The average molecular weight is 565 g/mol. The molecule has 9 heteroatoms. The lowest BCUT2D eigenvalue weighted by Gasteiger charge is -2.60. The van der Waals surface area contributed by atoms with Crippen molar-refractivity contribution in [3.8, 4) is 0 Å². The van der Waals surface area contributed by atoms with E-state index in [0.717, 1.165) is 0 Å². The van der Waals surface area contributed by atoms with Crippen LogP contribution in [0.5, 0.6) is 0 Å². The molecular weight excluding hydrogens is 516 g/mol. The summed E-state index contributed by atoms with van der Waals surface area (Å²) in [6.07, 6.45) is 2.20. The van der Waals surface area contributed by atoms with E-state index >= 15 is 0 Å². The van der Waals surface area contributed by atoms with E-state index in [2.05, 4.69) is 0 Å². The van der Waals surface area contributed by atoms with Crippen LogP contribution in [0.1, 0.15) is 99.8 Å². The fraction of sp³-hybridized carbons (Fsp3) is 0.839. The Morgan fingerprint density at radius 3 is 2.30 bits per heavy atom. The lowest BCUT2D eigenvalue weighted by molar-refractivity contribution is -0.194. The first-order chi connectivity index (χ1) is 18.3. The summed E-state index contributed by atoms with van der Waals surface area (Å²) in [4.78, 5) is 37.2. The van der Waals surface area contributed by atoms with Gasteiger partial charge in [0.2, 0.25) is 0 Å². The van der Waals surface area contributed by atoms with Crippen molar-refractivity contribution in [1.82, 2.24) is 0 Å². The predicted molar refractivity (Wildman–Crippen MR) is 146 cm³/mol. The monoisotopic (exact) mass is 564 g/mol. The van der Waals surface area contributed by atoms with E-state index in [1.165, 1.54) is 13.8 Å². The molecule has 0 spiro atoms. The fourth-order valence-corrected chi connectivity index (χ4v) is 9.01. The molecule has 10 atom stereocenters. The number of esters is 2. The Kier molecular flexibility index (Phi) is 7.92. The Bertz CT molecular complexity index is 1070. The van der Waals surface area contributed by atoms with Crippen molar-refractivity contribution < 1.29 is 44.3 Å². The second kappa shape index (κ2) is 10.2. The Morgan fingerprint density at radius 2 is 1.73 bits per heavy atom. The van der Waals surface area contributed by atoms with Crippen LogP contribution in [0, 0.1) is 28.6 Å². The van der Waals surface area contributed by atoms with Gasteiger partial charge < -0.3 is 29.9 Å². The van der Waals surface area contributed by atoms with Crippen LogP contribution in [0.25, 0.3) is 0 Å². The third kappa shape index (κ3) is 5.05. The molecule has 9 nitrogen and oxygen atoms in total. The quantitative estimate of drug-likeness (QED) is 0.342. The van der Waals surface area contributed by atoms with Gasteiger partial charge in [0.05, 0.1) is 17.3 Å². The third-order valence-electron chi connectivity index (χ3n) is 11.1. The summed E-state index contributed by atoms with van der Waals surface area (Å²) in [6, 6.07) is 0. The molecule has 0 amide bonds. The van der Waals surface area contributed by atoms with Gasteiger partial charge in [-0.25, -0.2) is 0 Å². The first-order valence-corrected chi connectivity index (χ1v) is 14.7. The highest BCUT2D eigenvalue weighted by Gasteiger charge is 2.69. The number of rotatable bonds is 7. The summed E-state index contributed by atoms with van der Waals surface area (Å²) in [7, 11) is 0. The molecule has 40 heavy (non-hydrogen) atoms. The van der Waals surface area contributed by atoms with Crippen molar-refractivity contribution in [3.05, 3.63) is 11.6 Å². The Balaban J connectivity index is 1.67. The van der Waals surface area contributed by atoms with Crippen molar-refractivity contribution in [2.24, 2.45) is 28.6 Å². The summed E-state index contributed by atoms with van der Waals surface area (Å²) in [5.74, 6) is -2.17. The van der Waals surface area contributed by atoms with E-state index in [9.17, 15) is 34.8 Å². The molecule has 4 aliphatic rings. The molecule has 4 N–H and O–H groups in total. The summed E-state index contributed by atoms with van der Waals surface area (Å²) < 4.78 is 11.0. The van der Waals surface area contributed by atoms with Crippen molar-refractivity contribution in [2.75, 3.05) is 0 Å². The zero-order valence-electron chi connectivity index (χ0n) is 25.0. The number of carbonyl (C=O) groups excluding carboxylic acids is 3. The van der Waals surface area contributed by atoms with Crippen LogP contribution in [0.2, 0.25) is 0 Å². The molecular formula is C31H48O9. The molecule has 0 heterocycles. The number of ketones is 1. The van der Waals surface area contributed by atoms with E-state index in [0.29, 0.717) is 37.7 Å². The SMILES string of the molecule is CC(=O)OC(CCC(C)(C)O)[C@](C)(O)[C@H]1CC[C@@]2(O)C3=CC(=O)[C@@H]4C[C@@H](OC(C)=O)[C@@H](O)C[C@]4(C)[C@H]3CC[C@]12C. The number of hydrogen-bond acceptors (Lipinski definition) is 9. The predicted octanol–water partition coefficient (Wildman–Crippen LogP) is 3.00. The third-order valence-corrected chi connectivity index (χ3v) is 11.1. The van der Waals surface area contributed by atoms with Gasteiger partial charge in [0.25, 0.3) is 0 Å². The number of aliphatic hydroxyl groups excluding tert-OH is 1. The zero-order valence-corrected chi connectivity index (χ0v) is 25.0. The second-order valence-corrected chi connectivity index (χ2v) is 14.4. The van der Waals surface area contributed by atoms with Gasteiger partial charge in [0.15, 0.2) is 5.78 Å². The lowest BCUT2D eigenvalue weighted by Crippen LogP contribution is -2.63. The van der Waals surface area contributed by atoms with Crippen LogP contribution in [0.4, 0.5) is 0 Å². The molecule has 4 rings (SSSR count). The molecule has 4 aliphatic carbocycles. The van der Waals surface area contributed by atoms with Crippen LogP contribution in [-0.4, -0.2) is 73.3 Å². The van der Waals surface area contributed by atoms with Gasteiger partial charge in [-0.2, -0.15) is 0 Å². The van der Waals surface area contributed by atoms with Gasteiger partial charge in [-0.05, 0) is 101 Å². The standard InChI is InChI=1S/C31H48O9/c1-17(32)39-24-15-21-22(34)14-20-19(28(21,5)16-23(24)35)8-12-29(6)25(9-13-31(20,29)38)30(7,37)26(40-18(2)33)10-11-27(3,4)36/h14,19,21,23-26,35-38H,8-13,15-16H2,1-7H3/t19-,21-,23-,24+,25-,26?,28+,29+,30+,31+/m0/s1. The molecule has 3 fully saturated rings. The summed E-state index contributed by atoms with van der Waals surface area (Å²) in [5, 5.41) is 45.7. The number of ether oxygens (including phenoxy) is 2. The highest BCUT2D eigenvalue weighted by molar-refractivity contribution is 5.95. The van der Waals surface area contributed by atoms with Gasteiger partial charge in [0.1, 0.15) is 17.8 Å². The topological polar surface area (TPSA) is 151 Å². The van der Waals surface area contributed by atoms with Crippen LogP contribution >= 0.6 is 0 Å². The molecule has 0 saturated heterocycles. The minimum atomic E-state index is -1.49. The normalized spacial score (nSPS) is 41.5. The minimum absolute atomic E-state index is 0.131. The highest BCUT2D eigenvalue weighted by Crippen LogP contribution is 2.68. The van der Waals surface area contributed by atoms with E-state index in [4.69, 9.17) is 9.47 Å². The molecule has 1 unspecified atom stereocenters. The molecule has 0 radical (unpaired) electrons. The largest absolute Gasteiger partial charge is 0.460 e. The fourth-order valence-electron chi connectivity index (χ4n) is 9.01. The first kappa shape index (κ1) is 31.1. The Morgan fingerprint density at radius 1 is 1.07 bits per heavy atom. The Hall–Kier alpha value is -1.81. The second-order valence-electron chi connectivity index (χ2n) is 14.4. The maximum atomic E-state index is 13.6. The number of carbonyl (C=O) groups is 3. The lowest BCUT2D eigenvalue weighted by atomic mass is 9.45. The first-order valence-electron chi connectivity index (χ1n) is 14.7. The maximum absolute atomic E-state index is 13.6. The van der Waals surface area contributed by atoms with Crippen LogP contribution in [0.15, 0.2) is 11.6 Å². The van der Waals surface area contributed by atoms with Crippen LogP contribution in [-0.2, 0) is 23.9 Å². The van der Waals surface area contributed by atoms with Crippen molar-refractivity contribution in [1.29, 1.82) is 0 Å². The van der Waals surface area contributed by atoms with Crippen LogP contribution < -0.4 is 0 Å². The maximum Gasteiger partial charge on any atom is 0.303 e. The number of aliphatic hydroxyl groups is 4. The van der Waals surface area contributed by atoms with Gasteiger partial charge in [0, 0.05) is 25.2 Å². The van der Waals surface area contributed by atoms with Gasteiger partial charge >= 0.3 is 11.9 Å². The zero-order chi connectivity index (χ0) is 30.1.